The lowest BCUT2D eigenvalue weighted by Crippen LogP contribution is -2.14. The number of carbonyl (C=O) groups is 1. The standard InChI is InChI=1S/C20H20N2O3S/c1-26(24,25)22-16-10-6-14(7-11-16)8-12-18-17-5-3-2-4-15(17)9-13-19(18)20(21)23/h2-7,9-11,13,22H,8,12H2,1H3,(H2,21,23). The lowest BCUT2D eigenvalue weighted by Gasteiger charge is -2.12. The van der Waals surface area contributed by atoms with E-state index in [1.807, 2.05) is 42.5 Å². The Hall–Kier alpha value is -2.86. The third kappa shape index (κ3) is 4.21. The van der Waals surface area contributed by atoms with Crippen molar-refractivity contribution in [1.29, 1.82) is 0 Å². The summed E-state index contributed by atoms with van der Waals surface area (Å²) in [7, 11) is -3.29. The molecule has 26 heavy (non-hydrogen) atoms. The maximum absolute atomic E-state index is 11.8. The van der Waals surface area contributed by atoms with E-state index < -0.39 is 15.9 Å². The van der Waals surface area contributed by atoms with E-state index in [0.717, 1.165) is 28.2 Å². The van der Waals surface area contributed by atoms with Crippen LogP contribution in [0.3, 0.4) is 0 Å². The second kappa shape index (κ2) is 7.17. The van der Waals surface area contributed by atoms with Gasteiger partial charge in [0, 0.05) is 11.3 Å². The van der Waals surface area contributed by atoms with E-state index >= 15 is 0 Å². The van der Waals surface area contributed by atoms with Crippen LogP contribution in [0.2, 0.25) is 0 Å². The van der Waals surface area contributed by atoms with Crippen LogP contribution in [0.15, 0.2) is 60.7 Å². The molecule has 0 radical (unpaired) electrons. The average molecular weight is 368 g/mol. The number of hydrogen-bond acceptors (Lipinski definition) is 3. The van der Waals surface area contributed by atoms with Gasteiger partial charge in [0.2, 0.25) is 15.9 Å². The van der Waals surface area contributed by atoms with Gasteiger partial charge in [-0.05, 0) is 52.9 Å². The Morgan fingerprint density at radius 1 is 0.962 bits per heavy atom. The maximum Gasteiger partial charge on any atom is 0.248 e. The van der Waals surface area contributed by atoms with Gasteiger partial charge in [0.15, 0.2) is 0 Å². The predicted octanol–water partition coefficient (Wildman–Crippen LogP) is 3.10. The van der Waals surface area contributed by atoms with Crippen LogP contribution in [0, 0.1) is 0 Å². The number of carbonyl (C=O) groups excluding carboxylic acids is 1. The van der Waals surface area contributed by atoms with E-state index in [-0.39, 0.29) is 0 Å². The number of benzene rings is 3. The second-order valence-electron chi connectivity index (χ2n) is 6.25. The first-order chi connectivity index (χ1) is 12.3. The van der Waals surface area contributed by atoms with Gasteiger partial charge >= 0.3 is 0 Å². The summed E-state index contributed by atoms with van der Waals surface area (Å²) in [4.78, 5) is 11.8. The number of rotatable bonds is 6. The highest BCUT2D eigenvalue weighted by Gasteiger charge is 2.12. The van der Waals surface area contributed by atoms with Crippen molar-refractivity contribution < 1.29 is 13.2 Å². The van der Waals surface area contributed by atoms with Gasteiger partial charge in [0.05, 0.1) is 6.26 Å². The summed E-state index contributed by atoms with van der Waals surface area (Å²) in [5.41, 5.74) is 8.60. The van der Waals surface area contributed by atoms with Crippen molar-refractivity contribution in [1.82, 2.24) is 0 Å². The van der Waals surface area contributed by atoms with Gasteiger partial charge < -0.3 is 5.73 Å². The lowest BCUT2D eigenvalue weighted by molar-refractivity contribution is 0.0999. The molecular formula is C20H20N2O3S. The van der Waals surface area contributed by atoms with E-state index in [2.05, 4.69) is 4.72 Å². The summed E-state index contributed by atoms with van der Waals surface area (Å²) in [5, 5.41) is 2.10. The van der Waals surface area contributed by atoms with E-state index in [0.29, 0.717) is 24.1 Å². The number of hydrogen-bond donors (Lipinski definition) is 2. The van der Waals surface area contributed by atoms with Gasteiger partial charge in [0.1, 0.15) is 0 Å². The molecule has 0 saturated heterocycles. The summed E-state index contributed by atoms with van der Waals surface area (Å²) in [6.07, 6.45) is 2.50. The van der Waals surface area contributed by atoms with E-state index in [4.69, 9.17) is 5.73 Å². The molecule has 0 spiro atoms. The topological polar surface area (TPSA) is 89.3 Å². The molecule has 1 amide bonds. The van der Waals surface area contributed by atoms with Gasteiger partial charge in [-0.25, -0.2) is 8.42 Å². The molecular weight excluding hydrogens is 348 g/mol. The fraction of sp³-hybridized carbons (Fsp3) is 0.150. The molecule has 0 saturated carbocycles. The van der Waals surface area contributed by atoms with Crippen molar-refractivity contribution in [3.8, 4) is 0 Å². The third-order valence-corrected chi connectivity index (χ3v) is 4.83. The lowest BCUT2D eigenvalue weighted by atomic mass is 9.93. The Morgan fingerprint density at radius 2 is 1.65 bits per heavy atom. The smallest absolute Gasteiger partial charge is 0.248 e. The molecule has 3 aromatic rings. The van der Waals surface area contributed by atoms with Crippen LogP contribution in [0.4, 0.5) is 5.69 Å². The number of sulfonamides is 1. The summed E-state index contributed by atoms with van der Waals surface area (Å²) in [5.74, 6) is -0.432. The summed E-state index contributed by atoms with van der Waals surface area (Å²) >= 11 is 0. The van der Waals surface area contributed by atoms with Crippen LogP contribution in [-0.4, -0.2) is 20.6 Å². The zero-order valence-electron chi connectivity index (χ0n) is 14.4. The SMILES string of the molecule is CS(=O)(=O)Nc1ccc(CCc2c(C(N)=O)ccc3ccccc23)cc1. The van der Waals surface area contributed by atoms with E-state index in [1.165, 1.54) is 0 Å². The minimum atomic E-state index is -3.29. The Labute approximate surface area is 152 Å². The Kier molecular flexibility index (Phi) is 4.95. The number of primary amides is 1. The molecule has 3 rings (SSSR count). The molecule has 0 bridgehead atoms. The first-order valence-corrected chi connectivity index (χ1v) is 10.1. The molecule has 0 heterocycles. The van der Waals surface area contributed by atoms with Crippen molar-refractivity contribution in [2.75, 3.05) is 11.0 Å². The molecule has 0 aliphatic rings. The summed E-state index contributed by atoms with van der Waals surface area (Å²) in [6, 6.07) is 18.8. The van der Waals surface area contributed by atoms with Crippen LogP contribution in [0.1, 0.15) is 21.5 Å². The molecule has 0 atom stereocenters. The number of anilines is 1. The normalized spacial score (nSPS) is 11.4. The molecule has 3 N–H and O–H groups in total. The minimum absolute atomic E-state index is 0.432. The van der Waals surface area contributed by atoms with Gasteiger partial charge in [-0.2, -0.15) is 0 Å². The van der Waals surface area contributed by atoms with E-state index in [1.54, 1.807) is 18.2 Å². The molecule has 134 valence electrons. The number of fused-ring (bicyclic) bond motifs is 1. The highest BCUT2D eigenvalue weighted by Crippen LogP contribution is 2.24. The molecule has 0 aliphatic carbocycles. The maximum atomic E-state index is 11.8. The molecule has 0 aromatic heterocycles. The van der Waals surface area contributed by atoms with Crippen LogP contribution in [0.5, 0.6) is 0 Å². The van der Waals surface area contributed by atoms with Crippen molar-refractivity contribution in [3.05, 3.63) is 77.4 Å². The van der Waals surface area contributed by atoms with Crippen LogP contribution in [0.25, 0.3) is 10.8 Å². The quantitative estimate of drug-likeness (QED) is 0.701. The molecule has 5 nitrogen and oxygen atoms in total. The Morgan fingerprint density at radius 3 is 2.31 bits per heavy atom. The Bertz CT molecular complexity index is 1060. The fourth-order valence-corrected chi connectivity index (χ4v) is 3.62. The van der Waals surface area contributed by atoms with Gasteiger partial charge in [-0.1, -0.05) is 42.5 Å². The zero-order chi connectivity index (χ0) is 18.7. The molecule has 0 fully saturated rings. The van der Waals surface area contributed by atoms with Crippen molar-refractivity contribution in [2.45, 2.75) is 12.8 Å². The Balaban J connectivity index is 1.85. The highest BCUT2D eigenvalue weighted by molar-refractivity contribution is 7.92. The molecule has 0 unspecified atom stereocenters. The van der Waals surface area contributed by atoms with Gasteiger partial charge in [-0.15, -0.1) is 0 Å². The van der Waals surface area contributed by atoms with Gasteiger partial charge in [-0.3, -0.25) is 9.52 Å². The average Bonchev–Trinajstić information content (AvgIpc) is 2.59. The number of nitrogens with one attached hydrogen (secondary N) is 1. The largest absolute Gasteiger partial charge is 0.366 e. The molecule has 6 heteroatoms. The predicted molar refractivity (Wildman–Crippen MR) is 105 cm³/mol. The van der Waals surface area contributed by atoms with Crippen LogP contribution < -0.4 is 10.5 Å². The number of amides is 1. The van der Waals surface area contributed by atoms with Crippen molar-refractivity contribution >= 4 is 32.4 Å². The van der Waals surface area contributed by atoms with Crippen LogP contribution >= 0.6 is 0 Å². The first kappa shape index (κ1) is 17.9. The van der Waals surface area contributed by atoms with Crippen molar-refractivity contribution in [2.24, 2.45) is 5.73 Å². The van der Waals surface area contributed by atoms with Crippen molar-refractivity contribution in [3.63, 3.8) is 0 Å². The number of aryl methyl sites for hydroxylation is 2. The summed E-state index contributed by atoms with van der Waals surface area (Å²) < 4.78 is 25.0. The summed E-state index contributed by atoms with van der Waals surface area (Å²) in [6.45, 7) is 0. The minimum Gasteiger partial charge on any atom is -0.366 e. The van der Waals surface area contributed by atoms with E-state index in [9.17, 15) is 13.2 Å². The second-order valence-corrected chi connectivity index (χ2v) is 8.00. The monoisotopic (exact) mass is 368 g/mol. The van der Waals surface area contributed by atoms with Gasteiger partial charge in [0.25, 0.3) is 0 Å². The molecule has 3 aromatic carbocycles. The third-order valence-electron chi connectivity index (χ3n) is 4.23. The highest BCUT2D eigenvalue weighted by atomic mass is 32.2. The first-order valence-electron chi connectivity index (χ1n) is 8.21. The van der Waals surface area contributed by atoms with Crippen LogP contribution in [-0.2, 0) is 22.9 Å². The number of nitrogens with two attached hydrogens (primary N) is 1. The molecule has 0 aliphatic heterocycles. The fourth-order valence-electron chi connectivity index (χ4n) is 3.06. The zero-order valence-corrected chi connectivity index (χ0v) is 15.2.